The average Bonchev–Trinajstić information content (AvgIpc) is 1.58. The first-order valence-electron chi connectivity index (χ1n) is 2.42. The zero-order chi connectivity index (χ0) is 9.50. The van der Waals surface area contributed by atoms with Gasteiger partial charge in [-0.1, -0.05) is 0 Å². The second-order valence-electron chi connectivity index (χ2n) is 2.12. The van der Waals surface area contributed by atoms with E-state index < -0.39 is 17.6 Å². The summed E-state index contributed by atoms with van der Waals surface area (Å²) in [7, 11) is 0. The van der Waals surface area contributed by atoms with Crippen molar-refractivity contribution < 1.29 is 30.6 Å². The first kappa shape index (κ1) is 10.7. The van der Waals surface area contributed by atoms with Crippen LogP contribution in [-0.4, -0.2) is 48.2 Å². The quantitative estimate of drug-likeness (QED) is 0.190. The normalized spacial score (nSPS) is 15.3. The molecule has 8 nitrogen and oxygen atoms in total. The molecule has 0 fully saturated rings. The van der Waals surface area contributed by atoms with Gasteiger partial charge in [0.05, 0.1) is 0 Å². The van der Waals surface area contributed by atoms with Crippen molar-refractivity contribution in [1.29, 1.82) is 0 Å². The Bertz CT molecular complexity index is 127. The summed E-state index contributed by atoms with van der Waals surface area (Å²) in [5.74, 6) is -11.1. The molecule has 0 saturated carbocycles. The van der Waals surface area contributed by atoms with Crippen LogP contribution in [0, 0.1) is 0 Å². The van der Waals surface area contributed by atoms with Crippen molar-refractivity contribution in [2.24, 2.45) is 11.5 Å². The Labute approximate surface area is 60.9 Å². The highest BCUT2D eigenvalue weighted by molar-refractivity contribution is 4.85. The number of hydrogen-bond acceptors (Lipinski definition) is 8. The van der Waals surface area contributed by atoms with Crippen LogP contribution in [0.4, 0.5) is 0 Å². The van der Waals surface area contributed by atoms with Crippen molar-refractivity contribution in [3.63, 3.8) is 0 Å². The molecule has 68 valence electrons. The molecule has 0 spiro atoms. The molecule has 0 rings (SSSR count). The Hall–Kier alpha value is -0.320. The monoisotopic (exact) mass is 170 g/mol. The summed E-state index contributed by atoms with van der Waals surface area (Å²) in [6.07, 6.45) is 0. The minimum absolute atomic E-state index is 3.63. The lowest BCUT2D eigenvalue weighted by Crippen LogP contribution is -2.75. The van der Waals surface area contributed by atoms with Crippen molar-refractivity contribution in [3.8, 4) is 0 Å². The number of nitrogens with two attached hydrogens (primary N) is 2. The molecule has 0 unspecified atom stereocenters. The lowest BCUT2D eigenvalue weighted by Gasteiger charge is -2.37. The van der Waals surface area contributed by atoms with Crippen molar-refractivity contribution in [2.75, 3.05) is 0 Å². The van der Waals surface area contributed by atoms with Crippen LogP contribution in [0.5, 0.6) is 0 Å². The fourth-order valence-corrected chi connectivity index (χ4v) is 0.271. The molecule has 11 heavy (non-hydrogen) atoms. The highest BCUT2D eigenvalue weighted by Crippen LogP contribution is 2.19. The van der Waals surface area contributed by atoms with Crippen LogP contribution in [0.1, 0.15) is 0 Å². The Kier molecular flexibility index (Phi) is 2.27. The zero-order valence-electron chi connectivity index (χ0n) is 5.34. The van der Waals surface area contributed by atoms with Crippen LogP contribution in [0.2, 0.25) is 0 Å². The minimum atomic E-state index is -3.85. The summed E-state index contributed by atoms with van der Waals surface area (Å²) in [5, 5.41) is 50.2. The van der Waals surface area contributed by atoms with Gasteiger partial charge in [-0.15, -0.1) is 0 Å². The standard InChI is InChI=1S/C3H10N2O6/c4-2(8,9)1(6,7)3(5,10)11/h6-11H,4-5H2. The van der Waals surface area contributed by atoms with Gasteiger partial charge in [0.25, 0.3) is 11.8 Å². The van der Waals surface area contributed by atoms with Gasteiger partial charge in [0.2, 0.25) is 0 Å². The summed E-state index contributed by atoms with van der Waals surface area (Å²) in [6.45, 7) is 0. The van der Waals surface area contributed by atoms with E-state index in [1.165, 1.54) is 0 Å². The maximum atomic E-state index is 8.49. The maximum Gasteiger partial charge on any atom is 0.305 e. The van der Waals surface area contributed by atoms with Gasteiger partial charge in [0.1, 0.15) is 0 Å². The van der Waals surface area contributed by atoms with Crippen LogP contribution in [0.15, 0.2) is 0 Å². The van der Waals surface area contributed by atoms with Gasteiger partial charge in [-0.3, -0.25) is 11.5 Å². The van der Waals surface area contributed by atoms with Crippen molar-refractivity contribution in [3.05, 3.63) is 0 Å². The third-order valence-corrected chi connectivity index (χ3v) is 1.03. The van der Waals surface area contributed by atoms with Gasteiger partial charge in [-0.2, -0.15) is 0 Å². The fraction of sp³-hybridized carbons (Fsp3) is 1.00. The molecule has 0 aliphatic heterocycles. The molecule has 0 aromatic heterocycles. The van der Waals surface area contributed by atoms with E-state index in [1.54, 1.807) is 0 Å². The van der Waals surface area contributed by atoms with Gasteiger partial charge >= 0.3 is 5.79 Å². The highest BCUT2D eigenvalue weighted by Gasteiger charge is 2.58. The molecule has 10 N–H and O–H groups in total. The number of aliphatic hydroxyl groups is 6. The topological polar surface area (TPSA) is 173 Å². The molecular formula is C3H10N2O6. The van der Waals surface area contributed by atoms with E-state index in [-0.39, 0.29) is 0 Å². The Morgan fingerprint density at radius 2 is 0.818 bits per heavy atom. The van der Waals surface area contributed by atoms with Gasteiger partial charge in [0.15, 0.2) is 0 Å². The summed E-state index contributed by atoms with van der Waals surface area (Å²) >= 11 is 0. The van der Waals surface area contributed by atoms with Crippen molar-refractivity contribution >= 4 is 0 Å². The maximum absolute atomic E-state index is 8.49. The molecule has 0 heterocycles. The largest absolute Gasteiger partial charge is 0.355 e. The lowest BCUT2D eigenvalue weighted by molar-refractivity contribution is -0.449. The van der Waals surface area contributed by atoms with Crippen LogP contribution in [0.3, 0.4) is 0 Å². The second-order valence-corrected chi connectivity index (χ2v) is 2.12. The molecule has 0 radical (unpaired) electrons. The average molecular weight is 170 g/mol. The third-order valence-electron chi connectivity index (χ3n) is 1.03. The smallest absolute Gasteiger partial charge is 0.305 e. The molecule has 0 atom stereocenters. The predicted molar refractivity (Wildman–Crippen MR) is 29.9 cm³/mol. The Morgan fingerprint density at radius 3 is 0.818 bits per heavy atom. The molecule has 0 aromatic carbocycles. The lowest BCUT2D eigenvalue weighted by atomic mass is 10.1. The van der Waals surface area contributed by atoms with Gasteiger partial charge in [-0.05, 0) is 0 Å². The molecule has 8 heteroatoms. The van der Waals surface area contributed by atoms with Crippen LogP contribution < -0.4 is 11.5 Å². The van der Waals surface area contributed by atoms with E-state index in [4.69, 9.17) is 30.6 Å². The number of rotatable bonds is 2. The zero-order valence-corrected chi connectivity index (χ0v) is 5.34. The molecule has 0 amide bonds. The molecule has 0 aromatic rings. The van der Waals surface area contributed by atoms with E-state index >= 15 is 0 Å². The van der Waals surface area contributed by atoms with E-state index in [9.17, 15) is 0 Å². The van der Waals surface area contributed by atoms with Crippen molar-refractivity contribution in [1.82, 2.24) is 0 Å². The third kappa shape index (κ3) is 1.83. The van der Waals surface area contributed by atoms with Gasteiger partial charge < -0.3 is 30.6 Å². The van der Waals surface area contributed by atoms with E-state index in [2.05, 4.69) is 11.5 Å². The second kappa shape index (κ2) is 2.33. The Morgan fingerprint density at radius 1 is 0.636 bits per heavy atom. The molecule has 0 aliphatic carbocycles. The summed E-state index contributed by atoms with van der Waals surface area (Å²) in [5.41, 5.74) is 8.62. The number of hydrogen-bond donors (Lipinski definition) is 8. The summed E-state index contributed by atoms with van der Waals surface area (Å²) in [4.78, 5) is 0. The van der Waals surface area contributed by atoms with E-state index in [0.717, 1.165) is 0 Å². The van der Waals surface area contributed by atoms with Crippen molar-refractivity contribution in [2.45, 2.75) is 17.6 Å². The minimum Gasteiger partial charge on any atom is -0.355 e. The van der Waals surface area contributed by atoms with Gasteiger partial charge in [0, 0.05) is 0 Å². The van der Waals surface area contributed by atoms with Gasteiger partial charge in [-0.25, -0.2) is 0 Å². The fourth-order valence-electron chi connectivity index (χ4n) is 0.271. The van der Waals surface area contributed by atoms with Crippen LogP contribution in [0.25, 0.3) is 0 Å². The Balaban J connectivity index is 4.75. The first-order chi connectivity index (χ1) is 4.50. The summed E-state index contributed by atoms with van der Waals surface area (Å²) in [6, 6.07) is 0. The van der Waals surface area contributed by atoms with Crippen LogP contribution >= 0.6 is 0 Å². The molecule has 0 saturated heterocycles. The molecule has 0 aliphatic rings. The first-order valence-corrected chi connectivity index (χ1v) is 2.42. The molecular weight excluding hydrogens is 160 g/mol. The highest BCUT2D eigenvalue weighted by atomic mass is 16.7. The van der Waals surface area contributed by atoms with Crippen LogP contribution in [-0.2, 0) is 0 Å². The predicted octanol–water partition coefficient (Wildman–Crippen LogP) is -5.14. The SMILES string of the molecule is NC(O)(O)C(O)(O)C(N)(O)O. The van der Waals surface area contributed by atoms with E-state index in [0.29, 0.717) is 0 Å². The summed E-state index contributed by atoms with van der Waals surface area (Å²) < 4.78 is 0. The van der Waals surface area contributed by atoms with E-state index in [1.807, 2.05) is 0 Å². The molecule has 0 bridgehead atoms.